The molecule has 0 radical (unpaired) electrons. The van der Waals surface area contributed by atoms with Crippen LogP contribution >= 0.6 is 0 Å². The Labute approximate surface area is 125 Å². The highest BCUT2D eigenvalue weighted by Gasteiger charge is 2.36. The third-order valence-electron chi connectivity index (χ3n) is 3.50. The van der Waals surface area contributed by atoms with Crippen LogP contribution in [0.5, 0.6) is 0 Å². The molecule has 118 valence electrons. The minimum atomic E-state index is -1.23. The molecule has 1 unspecified atom stereocenters. The lowest BCUT2D eigenvalue weighted by atomic mass is 10.2. The molecular weight excluding hydrogens is 291 g/mol. The number of anilines is 2. The SMILES string of the molecule is C=CCNc1nc(N)nc2c1ncn2C1C[C@H](F)[C@@H](CO)O1. The van der Waals surface area contributed by atoms with E-state index in [2.05, 4.69) is 26.8 Å². The lowest BCUT2D eigenvalue weighted by molar-refractivity contribution is -0.0323. The number of alkyl halides is 1. The second-order valence-corrected chi connectivity index (χ2v) is 4.99. The van der Waals surface area contributed by atoms with Gasteiger partial charge in [-0.1, -0.05) is 6.08 Å². The molecule has 0 saturated carbocycles. The minimum absolute atomic E-state index is 0.0781. The van der Waals surface area contributed by atoms with Crippen LogP contribution in [0.3, 0.4) is 0 Å². The summed E-state index contributed by atoms with van der Waals surface area (Å²) in [7, 11) is 0. The molecule has 0 amide bonds. The van der Waals surface area contributed by atoms with Crippen LogP contribution in [0.15, 0.2) is 19.0 Å². The van der Waals surface area contributed by atoms with Gasteiger partial charge in [0, 0.05) is 13.0 Å². The topological polar surface area (TPSA) is 111 Å². The summed E-state index contributed by atoms with van der Waals surface area (Å²) in [4.78, 5) is 12.5. The number of aliphatic hydroxyl groups excluding tert-OH is 1. The summed E-state index contributed by atoms with van der Waals surface area (Å²) in [5.74, 6) is 0.559. The molecule has 0 spiro atoms. The van der Waals surface area contributed by atoms with E-state index in [9.17, 15) is 4.39 Å². The number of nitrogens with two attached hydrogens (primary N) is 1. The molecule has 22 heavy (non-hydrogen) atoms. The van der Waals surface area contributed by atoms with Gasteiger partial charge in [-0.2, -0.15) is 9.97 Å². The molecule has 0 aliphatic carbocycles. The Morgan fingerprint density at radius 2 is 2.41 bits per heavy atom. The first-order valence-corrected chi connectivity index (χ1v) is 6.89. The van der Waals surface area contributed by atoms with E-state index in [0.717, 1.165) is 0 Å². The largest absolute Gasteiger partial charge is 0.394 e. The molecule has 3 rings (SSSR count). The van der Waals surface area contributed by atoms with Crippen LogP contribution in [-0.2, 0) is 4.74 Å². The first-order chi connectivity index (χ1) is 10.6. The summed E-state index contributed by atoms with van der Waals surface area (Å²) < 4.78 is 20.9. The second kappa shape index (κ2) is 5.85. The smallest absolute Gasteiger partial charge is 0.224 e. The summed E-state index contributed by atoms with van der Waals surface area (Å²) >= 11 is 0. The number of nitrogens with one attached hydrogen (secondary N) is 1. The molecule has 1 aliphatic rings. The number of aromatic nitrogens is 4. The molecule has 0 bridgehead atoms. The Bertz CT molecular complexity index is 690. The third-order valence-corrected chi connectivity index (χ3v) is 3.50. The van der Waals surface area contributed by atoms with Gasteiger partial charge in [0.2, 0.25) is 5.95 Å². The van der Waals surface area contributed by atoms with Gasteiger partial charge in [-0.3, -0.25) is 4.57 Å². The average molecular weight is 308 g/mol. The number of hydrogen-bond acceptors (Lipinski definition) is 7. The fourth-order valence-corrected chi connectivity index (χ4v) is 2.46. The molecule has 2 aromatic rings. The van der Waals surface area contributed by atoms with Crippen LogP contribution in [0, 0.1) is 0 Å². The normalized spacial score (nSPS) is 24.7. The maximum absolute atomic E-state index is 13.8. The fraction of sp³-hybridized carbons (Fsp3) is 0.462. The van der Waals surface area contributed by atoms with Gasteiger partial charge in [-0.15, -0.1) is 6.58 Å². The molecule has 3 heterocycles. The average Bonchev–Trinajstić information content (AvgIpc) is 3.07. The first-order valence-electron chi connectivity index (χ1n) is 6.89. The van der Waals surface area contributed by atoms with E-state index in [4.69, 9.17) is 15.6 Å². The highest BCUT2D eigenvalue weighted by atomic mass is 19.1. The number of nitrogens with zero attached hydrogens (tertiary/aromatic N) is 4. The van der Waals surface area contributed by atoms with Crippen molar-refractivity contribution in [2.24, 2.45) is 0 Å². The van der Waals surface area contributed by atoms with E-state index < -0.39 is 18.5 Å². The maximum Gasteiger partial charge on any atom is 0.224 e. The van der Waals surface area contributed by atoms with E-state index in [1.165, 1.54) is 6.33 Å². The third kappa shape index (κ3) is 2.48. The van der Waals surface area contributed by atoms with Gasteiger partial charge >= 0.3 is 0 Å². The number of rotatable bonds is 5. The van der Waals surface area contributed by atoms with Crippen LogP contribution in [0.4, 0.5) is 16.2 Å². The van der Waals surface area contributed by atoms with Crippen molar-refractivity contribution in [2.75, 3.05) is 24.2 Å². The van der Waals surface area contributed by atoms with Crippen molar-refractivity contribution in [3.8, 4) is 0 Å². The standard InChI is InChI=1S/C13H17FN6O2/c1-2-3-16-11-10-12(19-13(15)18-11)20(6-17-10)9-4-7(14)8(5-21)22-9/h2,6-9,21H,1,3-5H2,(H3,15,16,18,19)/t7-,8+,9?/m0/s1. The Morgan fingerprint density at radius 3 is 3.09 bits per heavy atom. The Kier molecular flexibility index (Phi) is 3.90. The molecule has 2 aromatic heterocycles. The van der Waals surface area contributed by atoms with Gasteiger partial charge in [0.25, 0.3) is 0 Å². The van der Waals surface area contributed by atoms with Gasteiger partial charge in [0.15, 0.2) is 17.0 Å². The van der Waals surface area contributed by atoms with Crippen LogP contribution in [-0.4, -0.2) is 50.1 Å². The van der Waals surface area contributed by atoms with E-state index in [1.54, 1.807) is 10.6 Å². The molecule has 4 N–H and O–H groups in total. The lowest BCUT2D eigenvalue weighted by Gasteiger charge is -2.13. The predicted molar refractivity (Wildman–Crippen MR) is 78.9 cm³/mol. The van der Waals surface area contributed by atoms with Crippen molar-refractivity contribution in [1.82, 2.24) is 19.5 Å². The molecule has 3 atom stereocenters. The molecular formula is C13H17FN6O2. The van der Waals surface area contributed by atoms with Crippen molar-refractivity contribution >= 4 is 22.9 Å². The zero-order chi connectivity index (χ0) is 15.7. The van der Waals surface area contributed by atoms with Gasteiger partial charge in [-0.25, -0.2) is 9.37 Å². The van der Waals surface area contributed by atoms with E-state index in [1.807, 2.05) is 0 Å². The van der Waals surface area contributed by atoms with Crippen LogP contribution in [0.2, 0.25) is 0 Å². The molecule has 1 aliphatic heterocycles. The van der Waals surface area contributed by atoms with Crippen LogP contribution < -0.4 is 11.1 Å². The summed E-state index contributed by atoms with van der Waals surface area (Å²) in [6, 6.07) is 0. The zero-order valence-corrected chi connectivity index (χ0v) is 11.8. The van der Waals surface area contributed by atoms with Crippen molar-refractivity contribution in [3.63, 3.8) is 0 Å². The molecule has 1 saturated heterocycles. The van der Waals surface area contributed by atoms with E-state index in [0.29, 0.717) is 23.5 Å². The monoisotopic (exact) mass is 308 g/mol. The number of halogens is 1. The number of nitrogen functional groups attached to an aromatic ring is 1. The number of hydrogen-bond donors (Lipinski definition) is 3. The van der Waals surface area contributed by atoms with Crippen molar-refractivity contribution in [2.45, 2.75) is 24.9 Å². The maximum atomic E-state index is 13.8. The van der Waals surface area contributed by atoms with Gasteiger partial charge in [-0.05, 0) is 0 Å². The Balaban J connectivity index is 1.98. The minimum Gasteiger partial charge on any atom is -0.394 e. The van der Waals surface area contributed by atoms with E-state index in [-0.39, 0.29) is 19.0 Å². The number of imidazole rings is 1. The number of aliphatic hydroxyl groups is 1. The van der Waals surface area contributed by atoms with Gasteiger partial charge in [0.05, 0.1) is 12.9 Å². The van der Waals surface area contributed by atoms with E-state index >= 15 is 0 Å². The summed E-state index contributed by atoms with van der Waals surface area (Å²) in [6.45, 7) is 3.75. The van der Waals surface area contributed by atoms with Gasteiger partial charge < -0.3 is 20.9 Å². The highest BCUT2D eigenvalue weighted by Crippen LogP contribution is 2.33. The van der Waals surface area contributed by atoms with Crippen molar-refractivity contribution in [1.29, 1.82) is 0 Å². The first kappa shape index (κ1) is 14.7. The zero-order valence-electron chi connectivity index (χ0n) is 11.8. The van der Waals surface area contributed by atoms with Crippen LogP contribution in [0.1, 0.15) is 12.6 Å². The number of ether oxygens (including phenoxy) is 1. The van der Waals surface area contributed by atoms with Crippen LogP contribution in [0.25, 0.3) is 11.2 Å². The lowest BCUT2D eigenvalue weighted by Crippen LogP contribution is -2.21. The Hall–Kier alpha value is -2.26. The van der Waals surface area contributed by atoms with Gasteiger partial charge in [0.1, 0.15) is 18.5 Å². The molecule has 9 heteroatoms. The number of fused-ring (bicyclic) bond motifs is 1. The highest BCUT2D eigenvalue weighted by molar-refractivity contribution is 5.84. The quantitative estimate of drug-likeness (QED) is 0.694. The fourth-order valence-electron chi connectivity index (χ4n) is 2.46. The summed E-state index contributed by atoms with van der Waals surface area (Å²) in [5.41, 5.74) is 6.69. The Morgan fingerprint density at radius 1 is 1.59 bits per heavy atom. The molecule has 1 fully saturated rings. The second-order valence-electron chi connectivity index (χ2n) is 4.99. The predicted octanol–water partition coefficient (Wildman–Crippen LogP) is 0.624. The van der Waals surface area contributed by atoms with Crippen molar-refractivity contribution in [3.05, 3.63) is 19.0 Å². The summed E-state index contributed by atoms with van der Waals surface area (Å²) in [5, 5.41) is 12.1. The molecule has 0 aromatic carbocycles. The van der Waals surface area contributed by atoms with Crippen molar-refractivity contribution < 1.29 is 14.2 Å². The molecule has 8 nitrogen and oxygen atoms in total. The summed E-state index contributed by atoms with van der Waals surface area (Å²) in [6.07, 6.45) is 0.662.